The average molecular weight is 273 g/mol. The number of rotatable bonds is 3. The van der Waals surface area contributed by atoms with Crippen LogP contribution in [0.1, 0.15) is 23.6 Å². The highest BCUT2D eigenvalue weighted by Gasteiger charge is 2.17. The van der Waals surface area contributed by atoms with E-state index in [1.165, 1.54) is 6.92 Å². The van der Waals surface area contributed by atoms with Crippen molar-refractivity contribution in [1.82, 2.24) is 15.0 Å². The fraction of sp³-hybridized carbons (Fsp3) is 0.333. The van der Waals surface area contributed by atoms with E-state index in [1.807, 2.05) is 44.6 Å². The van der Waals surface area contributed by atoms with Gasteiger partial charge in [-0.15, -0.1) is 0 Å². The van der Waals surface area contributed by atoms with Crippen LogP contribution >= 0.6 is 0 Å². The summed E-state index contributed by atoms with van der Waals surface area (Å²) in [5, 5.41) is 0. The number of carbonyl (C=O) groups excluding carboxylic acids is 1. The Labute approximate surface area is 118 Å². The maximum atomic E-state index is 11.0. The Morgan fingerprint density at radius 2 is 2.00 bits per heavy atom. The summed E-state index contributed by atoms with van der Waals surface area (Å²) in [5.41, 5.74) is 6.49. The summed E-state index contributed by atoms with van der Waals surface area (Å²) in [6, 6.07) is 2.04. The third kappa shape index (κ3) is 2.52. The number of hydrogen-bond acceptors (Lipinski definition) is 3. The molecule has 1 heterocycles. The second-order valence-corrected chi connectivity index (χ2v) is 4.96. The number of amides is 1. The van der Waals surface area contributed by atoms with Gasteiger partial charge in [-0.25, -0.2) is 4.98 Å². The van der Waals surface area contributed by atoms with Crippen LogP contribution in [-0.4, -0.2) is 15.5 Å². The molecular formula is C15H19N3O2. The Morgan fingerprint density at radius 3 is 2.55 bits per heavy atom. The van der Waals surface area contributed by atoms with Gasteiger partial charge in [0.25, 0.3) is 0 Å². The van der Waals surface area contributed by atoms with Crippen LogP contribution in [0.15, 0.2) is 18.5 Å². The second-order valence-electron chi connectivity index (χ2n) is 4.96. The number of benzene rings is 1. The normalized spacial score (nSPS) is 10.4. The lowest BCUT2D eigenvalue weighted by Gasteiger charge is -2.17. The molecule has 1 amide bonds. The number of aryl methyl sites for hydroxylation is 3. The quantitative estimate of drug-likeness (QED) is 0.874. The molecule has 0 radical (unpaired) electrons. The molecule has 0 fully saturated rings. The van der Waals surface area contributed by atoms with E-state index in [4.69, 9.17) is 4.84 Å². The third-order valence-corrected chi connectivity index (χ3v) is 3.24. The van der Waals surface area contributed by atoms with Crippen molar-refractivity contribution in [2.75, 3.05) is 0 Å². The molecule has 0 spiro atoms. The van der Waals surface area contributed by atoms with Crippen molar-refractivity contribution in [3.63, 3.8) is 0 Å². The molecule has 2 aromatic rings. The van der Waals surface area contributed by atoms with Crippen molar-refractivity contribution < 1.29 is 9.63 Å². The van der Waals surface area contributed by atoms with Gasteiger partial charge in [-0.1, -0.05) is 6.07 Å². The SMILES string of the molecule is CC(=O)NOc1c(C)cc(C)c(-c2nccn2C)c1C. The molecule has 0 aliphatic heterocycles. The van der Waals surface area contributed by atoms with Gasteiger partial charge in [-0.2, -0.15) is 5.48 Å². The van der Waals surface area contributed by atoms with Crippen LogP contribution in [0.3, 0.4) is 0 Å². The molecule has 2 rings (SSSR count). The standard InChI is InChI=1S/C15H19N3O2/c1-9-8-10(2)14(20-17-12(4)19)11(3)13(9)15-16-6-7-18(15)5/h6-8H,1-5H3,(H,17,19). The van der Waals surface area contributed by atoms with Crippen LogP contribution in [-0.2, 0) is 11.8 Å². The first-order valence-corrected chi connectivity index (χ1v) is 6.43. The van der Waals surface area contributed by atoms with Gasteiger partial charge >= 0.3 is 0 Å². The van der Waals surface area contributed by atoms with Crippen LogP contribution in [0.2, 0.25) is 0 Å². The minimum absolute atomic E-state index is 0.233. The summed E-state index contributed by atoms with van der Waals surface area (Å²) in [4.78, 5) is 20.8. The van der Waals surface area contributed by atoms with Gasteiger partial charge in [0.15, 0.2) is 5.75 Å². The molecule has 0 unspecified atom stereocenters. The minimum Gasteiger partial charge on any atom is -0.379 e. The Morgan fingerprint density at radius 1 is 1.30 bits per heavy atom. The highest BCUT2D eigenvalue weighted by atomic mass is 16.7. The van der Waals surface area contributed by atoms with Crippen LogP contribution in [0.4, 0.5) is 0 Å². The maximum Gasteiger partial charge on any atom is 0.249 e. The van der Waals surface area contributed by atoms with Crippen molar-refractivity contribution in [3.05, 3.63) is 35.2 Å². The molecule has 0 aliphatic rings. The van der Waals surface area contributed by atoms with Crippen molar-refractivity contribution in [2.45, 2.75) is 27.7 Å². The number of carbonyl (C=O) groups is 1. The Hall–Kier alpha value is -2.30. The van der Waals surface area contributed by atoms with E-state index in [2.05, 4.69) is 10.5 Å². The molecule has 0 saturated heterocycles. The predicted molar refractivity (Wildman–Crippen MR) is 77.3 cm³/mol. The number of hydrogen-bond donors (Lipinski definition) is 1. The van der Waals surface area contributed by atoms with E-state index < -0.39 is 0 Å². The van der Waals surface area contributed by atoms with E-state index in [0.717, 1.165) is 28.1 Å². The topological polar surface area (TPSA) is 56.1 Å². The lowest BCUT2D eigenvalue weighted by atomic mass is 9.98. The summed E-state index contributed by atoms with van der Waals surface area (Å²) in [6.07, 6.45) is 3.67. The maximum absolute atomic E-state index is 11.0. The number of nitrogens with zero attached hydrogens (tertiary/aromatic N) is 2. The first-order chi connectivity index (χ1) is 9.41. The molecular weight excluding hydrogens is 254 g/mol. The minimum atomic E-state index is -0.233. The smallest absolute Gasteiger partial charge is 0.249 e. The molecule has 0 bridgehead atoms. The lowest BCUT2D eigenvalue weighted by Crippen LogP contribution is -2.24. The number of imidazole rings is 1. The van der Waals surface area contributed by atoms with Gasteiger partial charge < -0.3 is 9.40 Å². The van der Waals surface area contributed by atoms with E-state index >= 15 is 0 Å². The van der Waals surface area contributed by atoms with Gasteiger partial charge in [0.2, 0.25) is 5.91 Å². The first-order valence-electron chi connectivity index (χ1n) is 6.43. The zero-order valence-electron chi connectivity index (χ0n) is 12.4. The van der Waals surface area contributed by atoms with Gasteiger partial charge in [0, 0.05) is 37.5 Å². The van der Waals surface area contributed by atoms with Crippen LogP contribution in [0.25, 0.3) is 11.4 Å². The van der Waals surface area contributed by atoms with Gasteiger partial charge in [0.05, 0.1) is 0 Å². The molecule has 1 aromatic heterocycles. The van der Waals surface area contributed by atoms with Crippen molar-refractivity contribution in [2.24, 2.45) is 7.05 Å². The zero-order valence-corrected chi connectivity index (χ0v) is 12.4. The molecule has 0 aliphatic carbocycles. The van der Waals surface area contributed by atoms with Crippen LogP contribution < -0.4 is 10.3 Å². The first kappa shape index (κ1) is 14.1. The summed E-state index contributed by atoms with van der Waals surface area (Å²) < 4.78 is 1.97. The summed E-state index contributed by atoms with van der Waals surface area (Å²) in [6.45, 7) is 7.39. The Kier molecular flexibility index (Phi) is 3.79. The van der Waals surface area contributed by atoms with Gasteiger partial charge in [-0.05, 0) is 31.9 Å². The highest BCUT2D eigenvalue weighted by Crippen LogP contribution is 2.34. The summed E-state index contributed by atoms with van der Waals surface area (Å²) in [5.74, 6) is 1.32. The number of hydroxylamine groups is 1. The fourth-order valence-electron chi connectivity index (χ4n) is 2.40. The van der Waals surface area contributed by atoms with Crippen molar-refractivity contribution in [1.29, 1.82) is 0 Å². The Bertz CT molecular complexity index is 659. The van der Waals surface area contributed by atoms with Gasteiger partial charge in [-0.3, -0.25) is 4.79 Å². The van der Waals surface area contributed by atoms with Crippen LogP contribution in [0.5, 0.6) is 5.75 Å². The monoisotopic (exact) mass is 273 g/mol. The van der Waals surface area contributed by atoms with Crippen molar-refractivity contribution in [3.8, 4) is 17.1 Å². The van der Waals surface area contributed by atoms with E-state index in [0.29, 0.717) is 5.75 Å². The predicted octanol–water partition coefficient (Wildman–Crippen LogP) is 2.44. The third-order valence-electron chi connectivity index (χ3n) is 3.24. The molecule has 1 aromatic carbocycles. The summed E-state index contributed by atoms with van der Waals surface area (Å²) in [7, 11) is 1.95. The Balaban J connectivity index is 2.56. The fourth-order valence-corrected chi connectivity index (χ4v) is 2.40. The van der Waals surface area contributed by atoms with E-state index in [9.17, 15) is 4.79 Å². The largest absolute Gasteiger partial charge is 0.379 e. The van der Waals surface area contributed by atoms with E-state index in [1.54, 1.807) is 6.20 Å². The van der Waals surface area contributed by atoms with Crippen molar-refractivity contribution >= 4 is 5.91 Å². The number of nitrogens with one attached hydrogen (secondary N) is 1. The number of aromatic nitrogens is 2. The summed E-state index contributed by atoms with van der Waals surface area (Å²) >= 11 is 0. The molecule has 0 atom stereocenters. The highest BCUT2D eigenvalue weighted by molar-refractivity contribution is 5.73. The lowest BCUT2D eigenvalue weighted by molar-refractivity contribution is -0.125. The molecule has 0 saturated carbocycles. The molecule has 1 N–H and O–H groups in total. The average Bonchev–Trinajstić information content (AvgIpc) is 2.74. The van der Waals surface area contributed by atoms with Gasteiger partial charge in [0.1, 0.15) is 5.82 Å². The van der Waals surface area contributed by atoms with Crippen LogP contribution in [0, 0.1) is 20.8 Å². The zero-order chi connectivity index (χ0) is 14.9. The molecule has 20 heavy (non-hydrogen) atoms. The second kappa shape index (κ2) is 5.36. The molecule has 5 nitrogen and oxygen atoms in total. The van der Waals surface area contributed by atoms with E-state index in [-0.39, 0.29) is 5.91 Å². The molecule has 106 valence electrons. The molecule has 5 heteroatoms.